The first-order valence-electron chi connectivity index (χ1n) is 11.7. The molecule has 3 amide bonds. The highest BCUT2D eigenvalue weighted by atomic mass is 32.1. The van der Waals surface area contributed by atoms with E-state index in [1.165, 1.54) is 17.0 Å². The number of fused-ring (bicyclic) bond motifs is 1. The standard InChI is InChI=1S/C25H34FN3O3S/c1-4-12-27-25(31)28(13-9-18(2)3)16-24(30)29-14-10-23-21(11-15-33-23)22(29)17-32-20-7-5-19(26)6-8-20/h5-8,11,15,18,22H,4,9-10,12-14,16-17H2,1-3H3,(H,27,31). The molecule has 0 saturated heterocycles. The number of thiophene rings is 1. The molecule has 1 aromatic heterocycles. The van der Waals surface area contributed by atoms with Crippen molar-refractivity contribution in [1.82, 2.24) is 15.1 Å². The van der Waals surface area contributed by atoms with Crippen molar-refractivity contribution in [3.05, 3.63) is 52.0 Å². The minimum atomic E-state index is -0.320. The Morgan fingerprint density at radius 2 is 2.03 bits per heavy atom. The number of nitrogens with one attached hydrogen (secondary N) is 1. The number of halogens is 1. The Morgan fingerprint density at radius 3 is 2.73 bits per heavy atom. The number of amides is 3. The van der Waals surface area contributed by atoms with Crippen molar-refractivity contribution < 1.29 is 18.7 Å². The number of urea groups is 1. The van der Waals surface area contributed by atoms with E-state index < -0.39 is 0 Å². The minimum Gasteiger partial charge on any atom is -0.491 e. The molecule has 1 N–H and O–H groups in total. The third-order valence-electron chi connectivity index (χ3n) is 5.75. The van der Waals surface area contributed by atoms with Crippen LogP contribution < -0.4 is 10.1 Å². The summed E-state index contributed by atoms with van der Waals surface area (Å²) in [5, 5.41) is 4.94. The summed E-state index contributed by atoms with van der Waals surface area (Å²) in [4.78, 5) is 30.8. The summed E-state index contributed by atoms with van der Waals surface area (Å²) in [6, 6.07) is 7.49. The number of nitrogens with zero attached hydrogens (tertiary/aromatic N) is 2. The Labute approximate surface area is 199 Å². The maximum atomic E-state index is 13.4. The normalized spacial score (nSPS) is 15.3. The van der Waals surface area contributed by atoms with Crippen LogP contribution >= 0.6 is 11.3 Å². The number of hydrogen-bond donors (Lipinski definition) is 1. The second kappa shape index (κ2) is 12.0. The van der Waals surface area contributed by atoms with Crippen molar-refractivity contribution in [3.8, 4) is 5.75 Å². The maximum absolute atomic E-state index is 13.4. The molecule has 1 aromatic carbocycles. The van der Waals surface area contributed by atoms with Gasteiger partial charge < -0.3 is 19.9 Å². The van der Waals surface area contributed by atoms with Gasteiger partial charge in [0, 0.05) is 24.5 Å². The SMILES string of the molecule is CCCNC(=O)N(CCC(C)C)CC(=O)N1CCc2sccc2C1COc1ccc(F)cc1. The van der Waals surface area contributed by atoms with Crippen molar-refractivity contribution in [2.45, 2.75) is 46.1 Å². The summed E-state index contributed by atoms with van der Waals surface area (Å²) < 4.78 is 19.2. The van der Waals surface area contributed by atoms with E-state index in [0.29, 0.717) is 31.3 Å². The van der Waals surface area contributed by atoms with Gasteiger partial charge in [-0.05, 0) is 66.5 Å². The molecule has 2 heterocycles. The lowest BCUT2D eigenvalue weighted by Gasteiger charge is -2.37. The summed E-state index contributed by atoms with van der Waals surface area (Å²) in [5.74, 6) is 0.584. The van der Waals surface area contributed by atoms with Crippen molar-refractivity contribution >= 4 is 23.3 Å². The first-order valence-corrected chi connectivity index (χ1v) is 12.5. The highest BCUT2D eigenvalue weighted by Gasteiger charge is 2.33. The summed E-state index contributed by atoms with van der Waals surface area (Å²) >= 11 is 1.69. The lowest BCUT2D eigenvalue weighted by molar-refractivity contribution is -0.135. The van der Waals surface area contributed by atoms with Gasteiger partial charge in [-0.2, -0.15) is 0 Å². The Bertz CT molecular complexity index is 916. The van der Waals surface area contributed by atoms with Crippen LogP contribution in [0.1, 0.15) is 50.1 Å². The first-order chi connectivity index (χ1) is 15.9. The van der Waals surface area contributed by atoms with Crippen LogP contribution in [0.15, 0.2) is 35.7 Å². The van der Waals surface area contributed by atoms with Gasteiger partial charge in [0.05, 0.1) is 6.04 Å². The van der Waals surface area contributed by atoms with E-state index in [1.807, 2.05) is 23.3 Å². The molecule has 33 heavy (non-hydrogen) atoms. The second-order valence-electron chi connectivity index (χ2n) is 8.75. The molecule has 6 nitrogen and oxygen atoms in total. The van der Waals surface area contributed by atoms with Gasteiger partial charge in [0.25, 0.3) is 0 Å². The number of carbonyl (C=O) groups excluding carboxylic acids is 2. The second-order valence-corrected chi connectivity index (χ2v) is 9.75. The van der Waals surface area contributed by atoms with E-state index >= 15 is 0 Å². The molecular formula is C25H34FN3O3S. The van der Waals surface area contributed by atoms with Crippen LogP contribution in [0.25, 0.3) is 0 Å². The molecule has 8 heteroatoms. The molecule has 180 valence electrons. The van der Waals surface area contributed by atoms with E-state index in [0.717, 1.165) is 24.8 Å². The molecule has 1 aliphatic rings. The zero-order chi connectivity index (χ0) is 23.8. The molecule has 3 rings (SSSR count). The number of benzene rings is 1. The van der Waals surface area contributed by atoms with Gasteiger partial charge in [-0.1, -0.05) is 20.8 Å². The number of hydrogen-bond acceptors (Lipinski definition) is 4. The third-order valence-corrected chi connectivity index (χ3v) is 6.75. The zero-order valence-electron chi connectivity index (χ0n) is 19.7. The van der Waals surface area contributed by atoms with E-state index in [-0.39, 0.29) is 36.9 Å². The highest BCUT2D eigenvalue weighted by Crippen LogP contribution is 2.34. The summed E-state index contributed by atoms with van der Waals surface area (Å²) in [5.41, 5.74) is 1.09. The van der Waals surface area contributed by atoms with E-state index in [4.69, 9.17) is 4.74 Å². The van der Waals surface area contributed by atoms with Crippen molar-refractivity contribution in [2.75, 3.05) is 32.8 Å². The molecule has 0 bridgehead atoms. The van der Waals surface area contributed by atoms with Crippen LogP contribution in [-0.2, 0) is 11.2 Å². The largest absolute Gasteiger partial charge is 0.491 e. The molecule has 1 unspecified atom stereocenters. The van der Waals surface area contributed by atoms with Gasteiger partial charge in [-0.15, -0.1) is 11.3 Å². The molecule has 0 fully saturated rings. The number of rotatable bonds is 10. The van der Waals surface area contributed by atoms with Crippen molar-refractivity contribution in [1.29, 1.82) is 0 Å². The van der Waals surface area contributed by atoms with Crippen molar-refractivity contribution in [2.24, 2.45) is 5.92 Å². The van der Waals surface area contributed by atoms with Crippen molar-refractivity contribution in [3.63, 3.8) is 0 Å². The van der Waals surface area contributed by atoms with E-state index in [1.54, 1.807) is 28.4 Å². The number of ether oxygens (including phenoxy) is 1. The van der Waals surface area contributed by atoms with Gasteiger partial charge in [0.15, 0.2) is 0 Å². The predicted octanol–water partition coefficient (Wildman–Crippen LogP) is 4.86. The van der Waals surface area contributed by atoms with Crippen LogP contribution in [0.2, 0.25) is 0 Å². The van der Waals surface area contributed by atoms with Gasteiger partial charge in [-0.25, -0.2) is 9.18 Å². The minimum absolute atomic E-state index is 0.0365. The molecule has 1 aliphatic heterocycles. The Balaban J connectivity index is 1.73. The van der Waals surface area contributed by atoms with Crippen LogP contribution in [-0.4, -0.2) is 54.5 Å². The molecule has 1 atom stereocenters. The fourth-order valence-electron chi connectivity index (χ4n) is 3.84. The monoisotopic (exact) mass is 475 g/mol. The third kappa shape index (κ3) is 6.93. The quantitative estimate of drug-likeness (QED) is 0.534. The van der Waals surface area contributed by atoms with E-state index in [9.17, 15) is 14.0 Å². The van der Waals surface area contributed by atoms with Gasteiger partial charge in [-0.3, -0.25) is 4.79 Å². The molecule has 2 aromatic rings. The molecule has 0 saturated carbocycles. The Hall–Kier alpha value is -2.61. The first kappa shape index (κ1) is 25.0. The van der Waals surface area contributed by atoms with Gasteiger partial charge >= 0.3 is 6.03 Å². The van der Waals surface area contributed by atoms with Gasteiger partial charge in [0.2, 0.25) is 5.91 Å². The fraction of sp³-hybridized carbons (Fsp3) is 0.520. The Morgan fingerprint density at radius 1 is 1.27 bits per heavy atom. The summed E-state index contributed by atoms with van der Waals surface area (Å²) in [7, 11) is 0. The topological polar surface area (TPSA) is 61.9 Å². The highest BCUT2D eigenvalue weighted by molar-refractivity contribution is 7.10. The van der Waals surface area contributed by atoms with Crippen LogP contribution in [0.4, 0.5) is 9.18 Å². The molecular weight excluding hydrogens is 441 g/mol. The zero-order valence-corrected chi connectivity index (χ0v) is 20.5. The van der Waals surface area contributed by atoms with Gasteiger partial charge in [0.1, 0.15) is 24.7 Å². The van der Waals surface area contributed by atoms with Crippen LogP contribution in [0, 0.1) is 11.7 Å². The average Bonchev–Trinajstić information content (AvgIpc) is 3.28. The Kier molecular flexibility index (Phi) is 9.11. The average molecular weight is 476 g/mol. The summed E-state index contributed by atoms with van der Waals surface area (Å²) in [6.07, 6.45) is 2.46. The lowest BCUT2D eigenvalue weighted by atomic mass is 10.0. The smallest absolute Gasteiger partial charge is 0.317 e. The van der Waals surface area contributed by atoms with Crippen LogP contribution in [0.3, 0.4) is 0 Å². The maximum Gasteiger partial charge on any atom is 0.317 e. The van der Waals surface area contributed by atoms with E-state index in [2.05, 4.69) is 19.2 Å². The molecule has 0 radical (unpaired) electrons. The molecule has 0 spiro atoms. The lowest BCUT2D eigenvalue weighted by Crippen LogP contribution is -2.50. The fourth-order valence-corrected chi connectivity index (χ4v) is 4.77. The number of carbonyl (C=O) groups is 2. The summed E-state index contributed by atoms with van der Waals surface area (Å²) in [6.45, 7) is 8.23. The molecule has 0 aliphatic carbocycles. The predicted molar refractivity (Wildman–Crippen MR) is 129 cm³/mol. The van der Waals surface area contributed by atoms with Crippen LogP contribution in [0.5, 0.6) is 5.75 Å².